The third-order valence-electron chi connectivity index (χ3n) is 3.89. The summed E-state index contributed by atoms with van der Waals surface area (Å²) in [6, 6.07) is -0.374. The molecule has 1 aromatic rings. The molecule has 10 heteroatoms. The maximum atomic E-state index is 12.3. The van der Waals surface area contributed by atoms with E-state index >= 15 is 0 Å². The summed E-state index contributed by atoms with van der Waals surface area (Å²) in [6.07, 6.45) is 1.89. The molecule has 0 bridgehead atoms. The van der Waals surface area contributed by atoms with Crippen LogP contribution in [0.15, 0.2) is 9.95 Å². The minimum absolute atomic E-state index is 0.0000162. The van der Waals surface area contributed by atoms with Gasteiger partial charge in [0.25, 0.3) is 0 Å². The maximum Gasteiger partial charge on any atom is 0.344 e. The summed E-state index contributed by atoms with van der Waals surface area (Å²) in [4.78, 5) is 37.0. The topological polar surface area (TPSA) is 109 Å². The molecule has 3 amide bonds. The van der Waals surface area contributed by atoms with Crippen LogP contribution in [0.1, 0.15) is 19.8 Å². The number of carbonyl (C=O) groups is 2. The molecule has 0 aromatic carbocycles. The second-order valence-corrected chi connectivity index (χ2v) is 6.85. The Balaban J connectivity index is 1.68. The molecule has 2 aliphatic rings. The Kier molecular flexibility index (Phi) is 4.71. The Morgan fingerprint density at radius 3 is 3.00 bits per heavy atom. The quantitative estimate of drug-likeness (QED) is 0.717. The van der Waals surface area contributed by atoms with Gasteiger partial charge in [-0.3, -0.25) is 14.3 Å². The Hall–Kier alpha value is -1.81. The SMILES string of the molecule is C[C@H](Sc1n[nH]c(=O)n1C[C@H]1CCCO1)C(=O)N1CCNC1=O. The van der Waals surface area contributed by atoms with Gasteiger partial charge in [0.05, 0.1) is 17.9 Å². The summed E-state index contributed by atoms with van der Waals surface area (Å²) in [5.41, 5.74) is -0.318. The smallest absolute Gasteiger partial charge is 0.344 e. The van der Waals surface area contributed by atoms with Gasteiger partial charge in [-0.05, 0) is 19.8 Å². The van der Waals surface area contributed by atoms with Gasteiger partial charge >= 0.3 is 11.7 Å². The molecule has 2 saturated heterocycles. The maximum absolute atomic E-state index is 12.3. The molecule has 3 heterocycles. The van der Waals surface area contributed by atoms with Crippen molar-refractivity contribution in [3.63, 3.8) is 0 Å². The van der Waals surface area contributed by atoms with Crippen LogP contribution in [0, 0.1) is 0 Å². The van der Waals surface area contributed by atoms with Crippen LogP contribution < -0.4 is 11.0 Å². The molecule has 3 rings (SSSR count). The van der Waals surface area contributed by atoms with Crippen LogP contribution in [0.3, 0.4) is 0 Å². The van der Waals surface area contributed by atoms with Crippen LogP contribution >= 0.6 is 11.8 Å². The molecule has 0 spiro atoms. The highest BCUT2D eigenvalue weighted by atomic mass is 32.2. The van der Waals surface area contributed by atoms with E-state index < -0.39 is 5.25 Å². The van der Waals surface area contributed by atoms with E-state index in [4.69, 9.17) is 4.74 Å². The van der Waals surface area contributed by atoms with Crippen molar-refractivity contribution in [2.45, 2.75) is 42.8 Å². The number of hydrogen-bond donors (Lipinski definition) is 2. The van der Waals surface area contributed by atoms with Crippen molar-refractivity contribution >= 4 is 23.7 Å². The van der Waals surface area contributed by atoms with Gasteiger partial charge in [0.15, 0.2) is 5.16 Å². The highest BCUT2D eigenvalue weighted by Gasteiger charge is 2.31. The Morgan fingerprint density at radius 1 is 1.52 bits per heavy atom. The zero-order valence-electron chi connectivity index (χ0n) is 12.8. The van der Waals surface area contributed by atoms with Crippen LogP contribution in [0.2, 0.25) is 0 Å². The summed E-state index contributed by atoms with van der Waals surface area (Å²) in [6.45, 7) is 3.66. The summed E-state index contributed by atoms with van der Waals surface area (Å²) in [7, 11) is 0. The van der Waals surface area contributed by atoms with Crippen LogP contribution in [-0.2, 0) is 16.1 Å². The van der Waals surface area contributed by atoms with Crippen molar-refractivity contribution in [1.82, 2.24) is 25.0 Å². The minimum atomic E-state index is -0.516. The molecule has 0 radical (unpaired) electrons. The van der Waals surface area contributed by atoms with Crippen molar-refractivity contribution in [1.29, 1.82) is 0 Å². The van der Waals surface area contributed by atoms with Gasteiger partial charge in [-0.25, -0.2) is 14.7 Å². The molecule has 2 aliphatic heterocycles. The first-order chi connectivity index (χ1) is 11.1. The number of aromatic amines is 1. The number of rotatable bonds is 5. The van der Waals surface area contributed by atoms with Gasteiger partial charge in [-0.1, -0.05) is 11.8 Å². The van der Waals surface area contributed by atoms with Crippen LogP contribution in [0.25, 0.3) is 0 Å². The lowest BCUT2D eigenvalue weighted by Gasteiger charge is -2.17. The Morgan fingerprint density at radius 2 is 2.35 bits per heavy atom. The fourth-order valence-corrected chi connectivity index (χ4v) is 3.58. The monoisotopic (exact) mass is 341 g/mol. The summed E-state index contributed by atoms with van der Waals surface area (Å²) >= 11 is 1.17. The third-order valence-corrected chi connectivity index (χ3v) is 4.96. The van der Waals surface area contributed by atoms with Crippen molar-refractivity contribution in [3.8, 4) is 0 Å². The summed E-state index contributed by atoms with van der Waals surface area (Å²) in [5.74, 6) is -0.288. The predicted octanol–water partition coefficient (Wildman–Crippen LogP) is -0.217. The van der Waals surface area contributed by atoms with E-state index in [1.165, 1.54) is 21.2 Å². The number of nitrogens with one attached hydrogen (secondary N) is 2. The van der Waals surface area contributed by atoms with Crippen molar-refractivity contribution in [2.75, 3.05) is 19.7 Å². The number of aromatic nitrogens is 3. The van der Waals surface area contributed by atoms with Crippen LogP contribution in [-0.4, -0.2) is 62.7 Å². The highest BCUT2D eigenvalue weighted by Crippen LogP contribution is 2.23. The van der Waals surface area contributed by atoms with E-state index in [9.17, 15) is 14.4 Å². The van der Waals surface area contributed by atoms with E-state index in [1.807, 2.05) is 0 Å². The first-order valence-corrected chi connectivity index (χ1v) is 8.47. The van der Waals surface area contributed by atoms with Gasteiger partial charge in [-0.15, -0.1) is 5.10 Å². The second-order valence-electron chi connectivity index (χ2n) is 5.54. The number of nitrogens with zero attached hydrogens (tertiary/aromatic N) is 3. The van der Waals surface area contributed by atoms with Gasteiger partial charge < -0.3 is 10.1 Å². The van der Waals surface area contributed by atoms with E-state index in [2.05, 4.69) is 15.5 Å². The van der Waals surface area contributed by atoms with Gasteiger partial charge in [0.2, 0.25) is 5.91 Å². The number of imide groups is 1. The van der Waals surface area contributed by atoms with E-state index in [-0.39, 0.29) is 23.7 Å². The third kappa shape index (κ3) is 3.42. The molecule has 126 valence electrons. The molecule has 2 atom stereocenters. The summed E-state index contributed by atoms with van der Waals surface area (Å²) in [5, 5.41) is 8.91. The molecular formula is C13H19N5O4S. The number of amides is 3. The largest absolute Gasteiger partial charge is 0.376 e. The number of H-pyrrole nitrogens is 1. The van der Waals surface area contributed by atoms with Gasteiger partial charge in [0.1, 0.15) is 0 Å². The summed E-state index contributed by atoms with van der Waals surface area (Å²) < 4.78 is 7.04. The fraction of sp³-hybridized carbons (Fsp3) is 0.692. The first kappa shape index (κ1) is 16.1. The Bertz CT molecular complexity index is 651. The number of ether oxygens (including phenoxy) is 1. The fourth-order valence-electron chi connectivity index (χ4n) is 2.66. The number of hydrogen-bond acceptors (Lipinski definition) is 6. The van der Waals surface area contributed by atoms with Crippen LogP contribution in [0.4, 0.5) is 4.79 Å². The van der Waals surface area contributed by atoms with Crippen molar-refractivity contribution in [3.05, 3.63) is 10.5 Å². The van der Waals surface area contributed by atoms with E-state index in [0.717, 1.165) is 12.8 Å². The van der Waals surface area contributed by atoms with Crippen molar-refractivity contribution < 1.29 is 14.3 Å². The van der Waals surface area contributed by atoms with Crippen molar-refractivity contribution in [2.24, 2.45) is 0 Å². The molecule has 23 heavy (non-hydrogen) atoms. The zero-order chi connectivity index (χ0) is 16.4. The molecule has 9 nitrogen and oxygen atoms in total. The number of carbonyl (C=O) groups excluding carboxylic acids is 2. The molecule has 0 aliphatic carbocycles. The standard InChI is InChI=1S/C13H19N5O4S/c1-8(10(19)17-5-4-14-11(17)20)23-13-16-15-12(21)18(13)7-9-3-2-6-22-9/h8-9H,2-7H2,1H3,(H,14,20)(H,15,21)/t8-,9+/m0/s1. The number of thioether (sulfide) groups is 1. The van der Waals surface area contributed by atoms with E-state index in [1.54, 1.807) is 6.92 Å². The minimum Gasteiger partial charge on any atom is -0.376 e. The first-order valence-electron chi connectivity index (χ1n) is 7.59. The molecule has 1 aromatic heterocycles. The second kappa shape index (κ2) is 6.75. The normalized spacial score (nSPS) is 22.4. The van der Waals surface area contributed by atoms with Gasteiger partial charge in [-0.2, -0.15) is 0 Å². The molecule has 0 saturated carbocycles. The number of urea groups is 1. The molecular weight excluding hydrogens is 322 g/mol. The lowest BCUT2D eigenvalue weighted by atomic mass is 10.2. The lowest BCUT2D eigenvalue weighted by molar-refractivity contribution is -0.126. The average molecular weight is 341 g/mol. The highest BCUT2D eigenvalue weighted by molar-refractivity contribution is 8.00. The average Bonchev–Trinajstić information content (AvgIpc) is 3.25. The van der Waals surface area contributed by atoms with Crippen LogP contribution in [0.5, 0.6) is 0 Å². The predicted molar refractivity (Wildman–Crippen MR) is 82.3 cm³/mol. The molecule has 2 N–H and O–H groups in total. The molecule has 2 fully saturated rings. The Labute approximate surface area is 136 Å². The lowest BCUT2D eigenvalue weighted by Crippen LogP contribution is -2.39. The zero-order valence-corrected chi connectivity index (χ0v) is 13.6. The molecule has 0 unspecified atom stereocenters. The van der Waals surface area contributed by atoms with E-state index in [0.29, 0.717) is 31.4 Å². The van der Waals surface area contributed by atoms with Gasteiger partial charge in [0, 0.05) is 19.7 Å².